The van der Waals surface area contributed by atoms with Gasteiger partial charge in [-0.2, -0.15) is 5.10 Å². The van der Waals surface area contributed by atoms with E-state index in [1.807, 2.05) is 26.0 Å². The second kappa shape index (κ2) is 8.39. The molecule has 2 aromatic rings. The third-order valence-electron chi connectivity index (χ3n) is 4.91. The van der Waals surface area contributed by atoms with E-state index in [9.17, 15) is 4.79 Å². The van der Waals surface area contributed by atoms with Crippen molar-refractivity contribution in [3.63, 3.8) is 0 Å². The van der Waals surface area contributed by atoms with Gasteiger partial charge in [0.1, 0.15) is 24.3 Å². The Kier molecular flexibility index (Phi) is 5.97. The van der Waals surface area contributed by atoms with Crippen LogP contribution < -0.4 is 0 Å². The number of hydrogen-bond acceptors (Lipinski definition) is 6. The van der Waals surface area contributed by atoms with E-state index in [2.05, 4.69) is 29.7 Å². The molecule has 0 saturated carbocycles. The summed E-state index contributed by atoms with van der Waals surface area (Å²) in [6, 6.07) is 0. The molecule has 0 radical (unpaired) electrons. The first kappa shape index (κ1) is 18.5. The van der Waals surface area contributed by atoms with E-state index in [1.165, 1.54) is 6.33 Å². The van der Waals surface area contributed by atoms with E-state index in [1.54, 1.807) is 11.0 Å². The van der Waals surface area contributed by atoms with Crippen molar-refractivity contribution in [2.24, 2.45) is 7.05 Å². The van der Waals surface area contributed by atoms with E-state index in [0.29, 0.717) is 12.3 Å². The third kappa shape index (κ3) is 4.46. The molecule has 1 fully saturated rings. The lowest BCUT2D eigenvalue weighted by molar-refractivity contribution is -0.132. The van der Waals surface area contributed by atoms with Crippen LogP contribution >= 0.6 is 0 Å². The standard InChI is InChI=1S/C17H28N8O/c1-22(2)11-15-20-21-17(23(15)3)14-6-9-24(10-7-14)16(26)5-4-8-25-13-18-12-19-25/h12-14H,4-11H2,1-3H3. The minimum Gasteiger partial charge on any atom is -0.343 e. The molecule has 1 saturated heterocycles. The van der Waals surface area contributed by atoms with Crippen LogP contribution in [0.5, 0.6) is 0 Å². The van der Waals surface area contributed by atoms with Crippen LogP contribution in [-0.4, -0.2) is 72.4 Å². The number of piperidine rings is 1. The molecule has 0 bridgehead atoms. The van der Waals surface area contributed by atoms with Crippen molar-refractivity contribution >= 4 is 5.91 Å². The molecule has 0 aromatic carbocycles. The smallest absolute Gasteiger partial charge is 0.222 e. The maximum atomic E-state index is 12.4. The average Bonchev–Trinajstić information content (AvgIpc) is 3.25. The number of hydrogen-bond donors (Lipinski definition) is 0. The molecule has 0 unspecified atom stereocenters. The zero-order valence-electron chi connectivity index (χ0n) is 15.9. The van der Waals surface area contributed by atoms with E-state index in [4.69, 9.17) is 0 Å². The Bertz CT molecular complexity index is 700. The number of aryl methyl sites for hydroxylation is 1. The van der Waals surface area contributed by atoms with Crippen molar-refractivity contribution in [2.75, 3.05) is 27.2 Å². The molecule has 142 valence electrons. The van der Waals surface area contributed by atoms with Gasteiger partial charge in [-0.15, -0.1) is 10.2 Å². The summed E-state index contributed by atoms with van der Waals surface area (Å²) < 4.78 is 3.87. The van der Waals surface area contributed by atoms with Gasteiger partial charge in [-0.05, 0) is 33.4 Å². The summed E-state index contributed by atoms with van der Waals surface area (Å²) in [6.45, 7) is 3.10. The summed E-state index contributed by atoms with van der Waals surface area (Å²) in [7, 11) is 6.10. The van der Waals surface area contributed by atoms with Crippen molar-refractivity contribution in [1.29, 1.82) is 0 Å². The van der Waals surface area contributed by atoms with Crippen LogP contribution in [0.25, 0.3) is 0 Å². The summed E-state index contributed by atoms with van der Waals surface area (Å²) in [6.07, 6.45) is 6.44. The maximum absolute atomic E-state index is 12.4. The molecular formula is C17H28N8O. The van der Waals surface area contributed by atoms with Crippen molar-refractivity contribution in [3.05, 3.63) is 24.3 Å². The molecule has 0 aliphatic carbocycles. The van der Waals surface area contributed by atoms with Gasteiger partial charge in [-0.3, -0.25) is 9.48 Å². The zero-order chi connectivity index (χ0) is 18.5. The van der Waals surface area contributed by atoms with Crippen LogP contribution in [0.3, 0.4) is 0 Å². The average molecular weight is 360 g/mol. The normalized spacial score (nSPS) is 15.8. The number of likely N-dealkylation sites (tertiary alicyclic amines) is 1. The molecular weight excluding hydrogens is 332 g/mol. The second-order valence-corrected chi connectivity index (χ2v) is 7.19. The molecule has 9 nitrogen and oxygen atoms in total. The summed E-state index contributed by atoms with van der Waals surface area (Å²) >= 11 is 0. The molecule has 3 rings (SSSR count). The molecule has 1 amide bonds. The lowest BCUT2D eigenvalue weighted by Gasteiger charge is -2.31. The summed E-state index contributed by atoms with van der Waals surface area (Å²) in [4.78, 5) is 20.4. The molecule has 0 N–H and O–H groups in total. The molecule has 3 heterocycles. The van der Waals surface area contributed by atoms with Crippen LogP contribution in [-0.2, 0) is 24.9 Å². The Labute approximate surface area is 154 Å². The van der Waals surface area contributed by atoms with Gasteiger partial charge in [0, 0.05) is 39.0 Å². The predicted octanol–water partition coefficient (Wildman–Crippen LogP) is 0.655. The van der Waals surface area contributed by atoms with Crippen LogP contribution in [0.4, 0.5) is 0 Å². The van der Waals surface area contributed by atoms with Crippen LogP contribution in [0.1, 0.15) is 43.3 Å². The molecule has 1 aliphatic heterocycles. The number of amides is 1. The van der Waals surface area contributed by atoms with Crippen molar-refractivity contribution < 1.29 is 4.79 Å². The van der Waals surface area contributed by atoms with Gasteiger partial charge in [-0.1, -0.05) is 0 Å². The predicted molar refractivity (Wildman–Crippen MR) is 96.2 cm³/mol. The monoisotopic (exact) mass is 360 g/mol. The minimum absolute atomic E-state index is 0.231. The fraction of sp³-hybridized carbons (Fsp3) is 0.706. The fourth-order valence-corrected chi connectivity index (χ4v) is 3.44. The number of rotatable bonds is 7. The SMILES string of the molecule is CN(C)Cc1nnc(C2CCN(C(=O)CCCn3cncn3)CC2)n1C. The van der Waals surface area contributed by atoms with Crippen molar-refractivity contribution in [3.8, 4) is 0 Å². The number of carbonyl (C=O) groups is 1. The summed E-state index contributed by atoms with van der Waals surface area (Å²) in [5, 5.41) is 12.8. The molecule has 9 heteroatoms. The lowest BCUT2D eigenvalue weighted by Crippen LogP contribution is -2.38. The van der Waals surface area contributed by atoms with Crippen LogP contribution in [0.2, 0.25) is 0 Å². The van der Waals surface area contributed by atoms with E-state index in [-0.39, 0.29) is 5.91 Å². The highest BCUT2D eigenvalue weighted by Gasteiger charge is 2.27. The Morgan fingerprint density at radius 1 is 1.27 bits per heavy atom. The van der Waals surface area contributed by atoms with E-state index >= 15 is 0 Å². The summed E-state index contributed by atoms with van der Waals surface area (Å²) in [5.74, 6) is 2.63. The minimum atomic E-state index is 0.231. The molecule has 26 heavy (non-hydrogen) atoms. The van der Waals surface area contributed by atoms with Gasteiger partial charge in [0.25, 0.3) is 0 Å². The highest BCUT2D eigenvalue weighted by atomic mass is 16.2. The Hall–Kier alpha value is -2.29. The van der Waals surface area contributed by atoms with Crippen molar-refractivity contribution in [2.45, 2.75) is 44.7 Å². The Balaban J connectivity index is 1.46. The molecule has 0 spiro atoms. The Morgan fingerprint density at radius 3 is 2.69 bits per heavy atom. The van der Waals surface area contributed by atoms with Crippen molar-refractivity contribution in [1.82, 2.24) is 39.3 Å². The third-order valence-corrected chi connectivity index (χ3v) is 4.91. The van der Waals surface area contributed by atoms with Gasteiger partial charge in [0.05, 0.1) is 6.54 Å². The first-order chi connectivity index (χ1) is 12.5. The highest BCUT2D eigenvalue weighted by Crippen LogP contribution is 2.27. The first-order valence-electron chi connectivity index (χ1n) is 9.17. The maximum Gasteiger partial charge on any atom is 0.222 e. The largest absolute Gasteiger partial charge is 0.343 e. The van der Waals surface area contributed by atoms with E-state index in [0.717, 1.165) is 57.1 Å². The molecule has 2 aromatic heterocycles. The van der Waals surface area contributed by atoms with Gasteiger partial charge in [0.2, 0.25) is 5.91 Å². The highest BCUT2D eigenvalue weighted by molar-refractivity contribution is 5.76. The molecule has 1 aliphatic rings. The van der Waals surface area contributed by atoms with Crippen LogP contribution in [0, 0.1) is 0 Å². The quantitative estimate of drug-likeness (QED) is 0.721. The molecule has 0 atom stereocenters. The number of nitrogens with zero attached hydrogens (tertiary/aromatic N) is 8. The number of carbonyl (C=O) groups excluding carboxylic acids is 1. The summed E-state index contributed by atoms with van der Waals surface area (Å²) in [5.41, 5.74) is 0. The second-order valence-electron chi connectivity index (χ2n) is 7.19. The lowest BCUT2D eigenvalue weighted by atomic mass is 9.95. The number of aromatic nitrogens is 6. The van der Waals surface area contributed by atoms with Gasteiger partial charge in [-0.25, -0.2) is 4.98 Å². The topological polar surface area (TPSA) is 85.0 Å². The fourth-order valence-electron chi connectivity index (χ4n) is 3.44. The van der Waals surface area contributed by atoms with Crippen LogP contribution in [0.15, 0.2) is 12.7 Å². The van der Waals surface area contributed by atoms with Gasteiger partial charge < -0.3 is 14.4 Å². The van der Waals surface area contributed by atoms with E-state index < -0.39 is 0 Å². The Morgan fingerprint density at radius 2 is 2.04 bits per heavy atom. The van der Waals surface area contributed by atoms with Gasteiger partial charge >= 0.3 is 0 Å². The zero-order valence-corrected chi connectivity index (χ0v) is 15.9. The van der Waals surface area contributed by atoms with Gasteiger partial charge in [0.15, 0.2) is 0 Å². The first-order valence-corrected chi connectivity index (χ1v) is 9.17.